The van der Waals surface area contributed by atoms with Crippen molar-refractivity contribution in [1.29, 1.82) is 0 Å². The number of ether oxygens (including phenoxy) is 3. The van der Waals surface area contributed by atoms with Crippen molar-refractivity contribution in [1.82, 2.24) is 14.5 Å². The highest BCUT2D eigenvalue weighted by atomic mass is 32.2. The molecular formula is C21H32F3N3O8S. The molecule has 1 aromatic rings. The average molecular weight is 544 g/mol. The van der Waals surface area contributed by atoms with Gasteiger partial charge < -0.3 is 29.5 Å². The molecule has 1 aromatic carbocycles. The number of carbonyl (C=O) groups is 2. The van der Waals surface area contributed by atoms with Crippen molar-refractivity contribution in [2.45, 2.75) is 23.9 Å². The second-order valence-corrected chi connectivity index (χ2v) is 9.36. The lowest BCUT2D eigenvalue weighted by Gasteiger charge is -2.29. The summed E-state index contributed by atoms with van der Waals surface area (Å²) < 4.78 is 75.3. The summed E-state index contributed by atoms with van der Waals surface area (Å²) in [6, 6.07) is 4.64. The number of hydrogen-bond donors (Lipinski definition) is 2. The van der Waals surface area contributed by atoms with Crippen LogP contribution in [0.5, 0.6) is 11.5 Å². The molecular weight excluding hydrogens is 511 g/mol. The minimum absolute atomic E-state index is 0.0198. The third-order valence-corrected chi connectivity index (χ3v) is 6.95. The minimum Gasteiger partial charge on any atom is -0.497 e. The van der Waals surface area contributed by atoms with Crippen LogP contribution in [-0.2, 0) is 24.3 Å². The lowest BCUT2D eigenvalue weighted by molar-refractivity contribution is -0.192. The molecule has 0 aliphatic carbocycles. The molecule has 1 fully saturated rings. The molecule has 0 bridgehead atoms. The number of carboxylic acids is 1. The first-order valence-electron chi connectivity index (χ1n) is 10.9. The van der Waals surface area contributed by atoms with Crippen LogP contribution in [0.2, 0.25) is 0 Å². The summed E-state index contributed by atoms with van der Waals surface area (Å²) in [7, 11) is 0.567. The van der Waals surface area contributed by atoms with Crippen LogP contribution >= 0.6 is 0 Å². The Labute approximate surface area is 208 Å². The van der Waals surface area contributed by atoms with E-state index in [4.69, 9.17) is 24.1 Å². The van der Waals surface area contributed by atoms with Gasteiger partial charge in [0, 0.05) is 65.5 Å². The molecule has 2 N–H and O–H groups in total. The SMILES string of the molecule is COCCCN(CCC(=O)N1CCNCC1)S(=O)(=O)c1cc(OC)ccc1OC.O=C(O)C(F)(F)F. The number of nitrogens with one attached hydrogen (secondary N) is 1. The van der Waals surface area contributed by atoms with Gasteiger partial charge in [0.15, 0.2) is 0 Å². The van der Waals surface area contributed by atoms with Crippen molar-refractivity contribution in [2.75, 3.05) is 67.2 Å². The maximum Gasteiger partial charge on any atom is 0.490 e. The summed E-state index contributed by atoms with van der Waals surface area (Å²) in [6.45, 7) is 3.54. The van der Waals surface area contributed by atoms with Crippen LogP contribution in [0.1, 0.15) is 12.8 Å². The van der Waals surface area contributed by atoms with Gasteiger partial charge >= 0.3 is 12.1 Å². The van der Waals surface area contributed by atoms with Gasteiger partial charge in [0.1, 0.15) is 16.4 Å². The first-order valence-corrected chi connectivity index (χ1v) is 12.3. The van der Waals surface area contributed by atoms with Crippen molar-refractivity contribution in [3.05, 3.63) is 18.2 Å². The van der Waals surface area contributed by atoms with Crippen molar-refractivity contribution >= 4 is 21.9 Å². The van der Waals surface area contributed by atoms with Crippen LogP contribution in [0, 0.1) is 0 Å². The number of methoxy groups -OCH3 is 3. The molecule has 0 spiro atoms. The lowest BCUT2D eigenvalue weighted by atomic mass is 10.3. The monoisotopic (exact) mass is 543 g/mol. The molecule has 0 radical (unpaired) electrons. The number of alkyl halides is 3. The first-order chi connectivity index (χ1) is 16.9. The van der Waals surface area contributed by atoms with Crippen molar-refractivity contribution in [3.63, 3.8) is 0 Å². The van der Waals surface area contributed by atoms with Gasteiger partial charge in [-0.2, -0.15) is 17.5 Å². The maximum atomic E-state index is 13.4. The average Bonchev–Trinajstić information content (AvgIpc) is 2.85. The summed E-state index contributed by atoms with van der Waals surface area (Å²) in [5.74, 6) is -2.15. The van der Waals surface area contributed by atoms with E-state index in [9.17, 15) is 26.4 Å². The van der Waals surface area contributed by atoms with E-state index < -0.39 is 22.2 Å². The topological polar surface area (TPSA) is 135 Å². The summed E-state index contributed by atoms with van der Waals surface area (Å²) in [5, 5.41) is 10.3. The van der Waals surface area contributed by atoms with Crippen LogP contribution in [0.4, 0.5) is 13.2 Å². The van der Waals surface area contributed by atoms with Gasteiger partial charge in [0.25, 0.3) is 0 Å². The molecule has 2 rings (SSSR count). The fraction of sp³-hybridized carbons (Fsp3) is 0.619. The molecule has 36 heavy (non-hydrogen) atoms. The van der Waals surface area contributed by atoms with Crippen molar-refractivity contribution < 1.29 is 50.5 Å². The Morgan fingerprint density at radius 3 is 2.22 bits per heavy atom. The number of benzene rings is 1. The highest BCUT2D eigenvalue weighted by molar-refractivity contribution is 7.89. The van der Waals surface area contributed by atoms with E-state index in [1.165, 1.54) is 24.6 Å². The summed E-state index contributed by atoms with van der Waals surface area (Å²) in [5.41, 5.74) is 0. The normalized spacial score (nSPS) is 14.1. The molecule has 0 saturated carbocycles. The smallest absolute Gasteiger partial charge is 0.490 e. The Bertz CT molecular complexity index is 954. The number of nitrogens with zero attached hydrogens (tertiary/aromatic N) is 2. The Hall–Kier alpha value is -2.62. The number of piperazine rings is 1. The summed E-state index contributed by atoms with van der Waals surface area (Å²) in [6.07, 6.45) is -4.44. The molecule has 206 valence electrons. The number of amides is 1. The second kappa shape index (κ2) is 14.8. The number of carbonyl (C=O) groups excluding carboxylic acids is 1. The van der Waals surface area contributed by atoms with Crippen LogP contribution < -0.4 is 14.8 Å². The fourth-order valence-corrected chi connectivity index (χ4v) is 4.80. The standard InChI is InChI=1S/C19H31N3O6S.C2HF3O2/c1-26-14-4-10-22(11-7-19(23)21-12-8-20-9-13-21)29(24,25)18-15-16(27-2)5-6-17(18)28-3;3-2(4,5)1(6)7/h5-6,15,20H,4,7-14H2,1-3H3;(H,6,7). The van der Waals surface area contributed by atoms with Gasteiger partial charge in [-0.3, -0.25) is 4.79 Å². The zero-order valence-electron chi connectivity index (χ0n) is 20.3. The molecule has 1 aliphatic heterocycles. The predicted molar refractivity (Wildman–Crippen MR) is 123 cm³/mol. The molecule has 15 heteroatoms. The van der Waals surface area contributed by atoms with E-state index in [0.717, 1.165) is 13.1 Å². The third kappa shape index (κ3) is 9.79. The third-order valence-electron chi connectivity index (χ3n) is 5.03. The van der Waals surface area contributed by atoms with Gasteiger partial charge in [-0.1, -0.05) is 0 Å². The van der Waals surface area contributed by atoms with Gasteiger partial charge in [0.2, 0.25) is 15.9 Å². The number of hydrogen-bond acceptors (Lipinski definition) is 8. The minimum atomic E-state index is -5.08. The zero-order valence-corrected chi connectivity index (χ0v) is 21.2. The van der Waals surface area contributed by atoms with Crippen LogP contribution in [0.3, 0.4) is 0 Å². The molecule has 0 unspecified atom stereocenters. The maximum absolute atomic E-state index is 13.4. The Balaban J connectivity index is 0.000000809. The highest BCUT2D eigenvalue weighted by Crippen LogP contribution is 2.31. The van der Waals surface area contributed by atoms with Crippen LogP contribution in [-0.4, -0.2) is 108 Å². The van der Waals surface area contributed by atoms with E-state index in [1.807, 2.05) is 0 Å². The van der Waals surface area contributed by atoms with E-state index in [0.29, 0.717) is 31.9 Å². The molecule has 1 aliphatic rings. The summed E-state index contributed by atoms with van der Waals surface area (Å²) >= 11 is 0. The Morgan fingerprint density at radius 2 is 1.72 bits per heavy atom. The van der Waals surface area contributed by atoms with Crippen molar-refractivity contribution in [3.8, 4) is 11.5 Å². The predicted octanol–water partition coefficient (Wildman–Crippen LogP) is 1.19. The largest absolute Gasteiger partial charge is 0.497 e. The van der Waals surface area contributed by atoms with Crippen LogP contribution in [0.25, 0.3) is 0 Å². The van der Waals surface area contributed by atoms with Crippen molar-refractivity contribution in [2.24, 2.45) is 0 Å². The van der Waals surface area contributed by atoms with E-state index in [2.05, 4.69) is 5.32 Å². The number of aliphatic carboxylic acids is 1. The van der Waals surface area contributed by atoms with Crippen LogP contribution in [0.15, 0.2) is 23.1 Å². The molecule has 0 aromatic heterocycles. The van der Waals surface area contributed by atoms with E-state index in [1.54, 1.807) is 24.1 Å². The Kier molecular flexibility index (Phi) is 12.9. The number of carboxylic acid groups (broad SMARTS) is 1. The van der Waals surface area contributed by atoms with E-state index >= 15 is 0 Å². The van der Waals surface area contributed by atoms with Gasteiger partial charge in [-0.25, -0.2) is 13.2 Å². The fourth-order valence-electron chi connectivity index (χ4n) is 3.15. The molecule has 1 amide bonds. The van der Waals surface area contributed by atoms with Gasteiger partial charge in [-0.05, 0) is 18.6 Å². The molecule has 1 heterocycles. The zero-order chi connectivity index (χ0) is 27.4. The summed E-state index contributed by atoms with van der Waals surface area (Å²) in [4.78, 5) is 23.2. The number of sulfonamides is 1. The Morgan fingerprint density at radius 1 is 1.11 bits per heavy atom. The number of rotatable bonds is 11. The second-order valence-electron chi connectivity index (χ2n) is 7.45. The molecule has 1 saturated heterocycles. The molecule has 11 nitrogen and oxygen atoms in total. The van der Waals surface area contributed by atoms with Gasteiger partial charge in [0.05, 0.1) is 14.2 Å². The lowest BCUT2D eigenvalue weighted by Crippen LogP contribution is -2.47. The quantitative estimate of drug-likeness (QED) is 0.395. The van der Waals surface area contributed by atoms with E-state index in [-0.39, 0.29) is 36.1 Å². The highest BCUT2D eigenvalue weighted by Gasteiger charge is 2.38. The van der Waals surface area contributed by atoms with Gasteiger partial charge in [-0.15, -0.1) is 0 Å². The first kappa shape index (κ1) is 31.4. The molecule has 0 atom stereocenters. The number of halogens is 3.